The Morgan fingerprint density at radius 1 is 1.12 bits per heavy atom. The Morgan fingerprint density at radius 3 is 2.12 bits per heavy atom. The Morgan fingerprint density at radius 2 is 1.69 bits per heavy atom. The van der Waals surface area contributed by atoms with Crippen LogP contribution in [0.4, 0.5) is 0 Å². The molecule has 2 unspecified atom stereocenters. The smallest absolute Gasteiger partial charge is 0.347 e. The zero-order valence-electron chi connectivity index (χ0n) is 8.24. The fourth-order valence-corrected chi connectivity index (χ4v) is 1.05. The number of nitrogens with two attached hydrogens (primary N) is 1. The van der Waals surface area contributed by atoms with Gasteiger partial charge in [0.05, 0.1) is 0 Å². The molecule has 16 heavy (non-hydrogen) atoms. The summed E-state index contributed by atoms with van der Waals surface area (Å²) in [5.74, 6) is -2.59. The molecule has 1 aromatic rings. The van der Waals surface area contributed by atoms with Gasteiger partial charge in [-0.1, -0.05) is 18.2 Å². The molecule has 1 aromatic carbocycles. The van der Waals surface area contributed by atoms with Gasteiger partial charge >= 0.3 is 11.9 Å². The van der Waals surface area contributed by atoms with Gasteiger partial charge in [-0.3, -0.25) is 4.79 Å². The summed E-state index contributed by atoms with van der Waals surface area (Å²) >= 11 is 0. The number of carbonyl (C=O) groups is 2. The fraction of sp³-hybridized carbons (Fsp3) is 0.200. The minimum Gasteiger partial charge on any atom is -0.480 e. The monoisotopic (exact) mass is 225 g/mol. The SMILES string of the molecule is NC(C(=O)O)C(Oc1ccccc1)C(=O)O. The number of ether oxygens (including phenoxy) is 1. The zero-order valence-corrected chi connectivity index (χ0v) is 8.24. The quantitative estimate of drug-likeness (QED) is 0.647. The minimum absolute atomic E-state index is 0.256. The van der Waals surface area contributed by atoms with Crippen molar-refractivity contribution in [3.63, 3.8) is 0 Å². The van der Waals surface area contributed by atoms with Crippen LogP contribution in [0.25, 0.3) is 0 Å². The van der Waals surface area contributed by atoms with Gasteiger partial charge in [0, 0.05) is 0 Å². The van der Waals surface area contributed by atoms with Gasteiger partial charge in [0.1, 0.15) is 5.75 Å². The maximum Gasteiger partial charge on any atom is 0.347 e. The first-order valence-corrected chi connectivity index (χ1v) is 4.45. The van der Waals surface area contributed by atoms with E-state index in [9.17, 15) is 9.59 Å². The van der Waals surface area contributed by atoms with Crippen molar-refractivity contribution in [3.8, 4) is 5.75 Å². The number of rotatable bonds is 5. The molecule has 0 saturated heterocycles. The topological polar surface area (TPSA) is 110 Å². The van der Waals surface area contributed by atoms with Gasteiger partial charge in [-0.15, -0.1) is 0 Å². The van der Waals surface area contributed by atoms with Gasteiger partial charge in [-0.2, -0.15) is 0 Å². The van der Waals surface area contributed by atoms with E-state index in [0.717, 1.165) is 0 Å². The second kappa shape index (κ2) is 5.13. The van der Waals surface area contributed by atoms with E-state index in [4.69, 9.17) is 20.7 Å². The Hall–Kier alpha value is -2.08. The first-order valence-electron chi connectivity index (χ1n) is 4.45. The lowest BCUT2D eigenvalue weighted by Gasteiger charge is -2.18. The van der Waals surface area contributed by atoms with Crippen LogP contribution < -0.4 is 10.5 Å². The average Bonchev–Trinajstić information content (AvgIpc) is 2.26. The van der Waals surface area contributed by atoms with Gasteiger partial charge in [0.15, 0.2) is 6.04 Å². The lowest BCUT2D eigenvalue weighted by molar-refractivity contribution is -0.153. The Bertz CT molecular complexity index is 378. The van der Waals surface area contributed by atoms with E-state index < -0.39 is 24.1 Å². The zero-order chi connectivity index (χ0) is 12.1. The number of hydrogen-bond donors (Lipinski definition) is 3. The van der Waals surface area contributed by atoms with Crippen molar-refractivity contribution in [2.45, 2.75) is 12.1 Å². The van der Waals surface area contributed by atoms with Crippen LogP contribution in [0.3, 0.4) is 0 Å². The molecule has 4 N–H and O–H groups in total. The van der Waals surface area contributed by atoms with Crippen molar-refractivity contribution in [1.29, 1.82) is 0 Å². The predicted octanol–water partition coefficient (Wildman–Crippen LogP) is -0.0695. The number of aliphatic carboxylic acids is 2. The van der Waals surface area contributed by atoms with Crippen LogP contribution in [0.2, 0.25) is 0 Å². The molecule has 6 heteroatoms. The van der Waals surface area contributed by atoms with Crippen LogP contribution in [-0.4, -0.2) is 34.3 Å². The Balaban J connectivity index is 2.81. The highest BCUT2D eigenvalue weighted by atomic mass is 16.5. The lowest BCUT2D eigenvalue weighted by atomic mass is 10.2. The summed E-state index contributed by atoms with van der Waals surface area (Å²) < 4.78 is 4.99. The highest BCUT2D eigenvalue weighted by Crippen LogP contribution is 2.12. The number of carboxylic acid groups (broad SMARTS) is 2. The molecular weight excluding hydrogens is 214 g/mol. The first kappa shape index (κ1) is 12.0. The number of carboxylic acids is 2. The third kappa shape index (κ3) is 2.96. The van der Waals surface area contributed by atoms with Crippen LogP contribution in [0, 0.1) is 0 Å². The maximum atomic E-state index is 10.8. The van der Waals surface area contributed by atoms with Crippen LogP contribution in [-0.2, 0) is 9.59 Å². The molecule has 0 bridgehead atoms. The summed E-state index contributed by atoms with van der Waals surface area (Å²) in [6.07, 6.45) is -1.61. The average molecular weight is 225 g/mol. The van der Waals surface area contributed by atoms with Crippen LogP contribution >= 0.6 is 0 Å². The van der Waals surface area contributed by atoms with E-state index in [2.05, 4.69) is 0 Å². The highest BCUT2D eigenvalue weighted by molar-refractivity contribution is 5.84. The van der Waals surface area contributed by atoms with Crippen molar-refractivity contribution in [3.05, 3.63) is 30.3 Å². The van der Waals surface area contributed by atoms with E-state index in [0.29, 0.717) is 0 Å². The summed E-state index contributed by atoms with van der Waals surface area (Å²) in [6.45, 7) is 0. The van der Waals surface area contributed by atoms with Gasteiger partial charge in [-0.25, -0.2) is 4.79 Å². The number of para-hydroxylation sites is 1. The molecular formula is C10H11NO5. The van der Waals surface area contributed by atoms with Crippen LogP contribution in [0.1, 0.15) is 0 Å². The summed E-state index contributed by atoms with van der Waals surface area (Å²) in [6, 6.07) is 6.42. The Labute approximate surface area is 91.3 Å². The molecule has 0 fully saturated rings. The van der Waals surface area contributed by atoms with E-state index in [-0.39, 0.29) is 5.75 Å². The molecule has 0 heterocycles. The fourth-order valence-electron chi connectivity index (χ4n) is 1.05. The standard InChI is InChI=1S/C10H11NO5/c11-7(9(12)13)8(10(14)15)16-6-4-2-1-3-5-6/h1-5,7-8H,11H2,(H,12,13)(H,14,15). The molecule has 1 rings (SSSR count). The van der Waals surface area contributed by atoms with Crippen molar-refractivity contribution >= 4 is 11.9 Å². The molecule has 86 valence electrons. The molecule has 0 aromatic heterocycles. The predicted molar refractivity (Wildman–Crippen MR) is 54.1 cm³/mol. The van der Waals surface area contributed by atoms with Crippen molar-refractivity contribution in [1.82, 2.24) is 0 Å². The van der Waals surface area contributed by atoms with E-state index in [1.807, 2.05) is 0 Å². The molecule has 0 aliphatic carbocycles. The minimum atomic E-state index is -1.61. The summed E-state index contributed by atoms with van der Waals surface area (Å²) in [5, 5.41) is 17.4. The van der Waals surface area contributed by atoms with E-state index in [1.165, 1.54) is 12.1 Å². The largest absolute Gasteiger partial charge is 0.480 e. The van der Waals surface area contributed by atoms with Gasteiger partial charge < -0.3 is 20.7 Å². The summed E-state index contributed by atoms with van der Waals surface area (Å²) in [7, 11) is 0. The normalized spacial score (nSPS) is 13.8. The molecule has 0 saturated carbocycles. The Kier molecular flexibility index (Phi) is 3.84. The van der Waals surface area contributed by atoms with Crippen molar-refractivity contribution < 1.29 is 24.5 Å². The molecule has 0 aliphatic rings. The van der Waals surface area contributed by atoms with Crippen LogP contribution in [0.5, 0.6) is 5.75 Å². The summed E-state index contributed by atoms with van der Waals surface area (Å²) in [4.78, 5) is 21.3. The molecule has 2 atom stereocenters. The second-order valence-electron chi connectivity index (χ2n) is 3.05. The van der Waals surface area contributed by atoms with E-state index in [1.54, 1.807) is 18.2 Å². The third-order valence-electron chi connectivity index (χ3n) is 1.86. The van der Waals surface area contributed by atoms with Gasteiger partial charge in [0.2, 0.25) is 6.10 Å². The van der Waals surface area contributed by atoms with E-state index >= 15 is 0 Å². The highest BCUT2D eigenvalue weighted by Gasteiger charge is 2.32. The number of hydrogen-bond acceptors (Lipinski definition) is 4. The number of benzene rings is 1. The second-order valence-corrected chi connectivity index (χ2v) is 3.05. The molecule has 0 radical (unpaired) electrons. The third-order valence-corrected chi connectivity index (χ3v) is 1.86. The van der Waals surface area contributed by atoms with Gasteiger partial charge in [0.25, 0.3) is 0 Å². The molecule has 0 amide bonds. The first-order chi connectivity index (χ1) is 7.52. The van der Waals surface area contributed by atoms with Gasteiger partial charge in [-0.05, 0) is 12.1 Å². The molecule has 0 aliphatic heterocycles. The van der Waals surface area contributed by atoms with Crippen molar-refractivity contribution in [2.24, 2.45) is 5.73 Å². The lowest BCUT2D eigenvalue weighted by Crippen LogP contribution is -2.49. The summed E-state index contributed by atoms with van der Waals surface area (Å²) in [5.41, 5.74) is 5.20. The molecule has 0 spiro atoms. The maximum absolute atomic E-state index is 10.8. The molecule has 6 nitrogen and oxygen atoms in total. The van der Waals surface area contributed by atoms with Crippen LogP contribution in [0.15, 0.2) is 30.3 Å². The van der Waals surface area contributed by atoms with Crippen molar-refractivity contribution in [2.75, 3.05) is 0 Å².